The first-order chi connectivity index (χ1) is 16.6. The summed E-state index contributed by atoms with van der Waals surface area (Å²) in [4.78, 5) is 29.1. The summed E-state index contributed by atoms with van der Waals surface area (Å²) in [6, 6.07) is 26.7. The van der Waals surface area contributed by atoms with E-state index in [9.17, 15) is 9.59 Å². The van der Waals surface area contributed by atoms with Crippen molar-refractivity contribution in [3.05, 3.63) is 107 Å². The molecule has 3 aromatic rings. The maximum atomic E-state index is 13.7. The van der Waals surface area contributed by atoms with E-state index in [1.807, 2.05) is 78.9 Å². The van der Waals surface area contributed by atoms with E-state index in [0.717, 1.165) is 42.4 Å². The number of hydrogen-bond donors (Lipinski definition) is 1. The quantitative estimate of drug-likeness (QED) is 0.440. The molecule has 176 valence electrons. The molecule has 5 heteroatoms. The van der Waals surface area contributed by atoms with Crippen LogP contribution in [0.25, 0.3) is 0 Å². The molecule has 0 aromatic heterocycles. The molecule has 1 N–H and O–H groups in total. The third-order valence-electron chi connectivity index (χ3n) is 6.41. The van der Waals surface area contributed by atoms with Gasteiger partial charge < -0.3 is 10.2 Å². The molecule has 1 unspecified atom stereocenters. The molecule has 1 aliphatic carbocycles. The van der Waals surface area contributed by atoms with Gasteiger partial charge in [0.15, 0.2) is 0 Å². The average Bonchev–Trinajstić information content (AvgIpc) is 3.35. The summed E-state index contributed by atoms with van der Waals surface area (Å²) in [7, 11) is 0. The van der Waals surface area contributed by atoms with Crippen molar-refractivity contribution in [3.63, 3.8) is 0 Å². The van der Waals surface area contributed by atoms with Crippen molar-refractivity contribution in [2.24, 2.45) is 0 Å². The first kappa shape index (κ1) is 24.0. The zero-order chi connectivity index (χ0) is 23.8. The van der Waals surface area contributed by atoms with Crippen LogP contribution in [0.1, 0.15) is 42.4 Å². The van der Waals surface area contributed by atoms with Gasteiger partial charge in [-0.2, -0.15) is 0 Å². The zero-order valence-electron chi connectivity index (χ0n) is 19.3. The number of hydrogen-bond acceptors (Lipinski definition) is 2. The number of halogens is 1. The van der Waals surface area contributed by atoms with E-state index >= 15 is 0 Å². The molecular formula is C29H31ClN2O2. The number of amides is 2. The molecule has 1 saturated carbocycles. The first-order valence-electron chi connectivity index (χ1n) is 12.0. The fourth-order valence-electron chi connectivity index (χ4n) is 4.62. The van der Waals surface area contributed by atoms with Gasteiger partial charge in [-0.15, -0.1) is 0 Å². The summed E-state index contributed by atoms with van der Waals surface area (Å²) in [5.41, 5.74) is 2.86. The van der Waals surface area contributed by atoms with Crippen LogP contribution in [0.15, 0.2) is 84.9 Å². The molecule has 4 nitrogen and oxygen atoms in total. The molecule has 1 fully saturated rings. The SMILES string of the molecule is O=C(NC1CCCC1)C(Cc1ccccc1)N(Cc1ccccc1)C(=O)Cc1cccc(Cl)c1. The van der Waals surface area contributed by atoms with E-state index in [4.69, 9.17) is 11.6 Å². The molecule has 0 saturated heterocycles. The van der Waals surface area contributed by atoms with Crippen LogP contribution in [0.2, 0.25) is 5.02 Å². The Bertz CT molecular complexity index is 1080. The number of benzene rings is 3. The lowest BCUT2D eigenvalue weighted by atomic mass is 10.0. The molecule has 1 aliphatic rings. The highest BCUT2D eigenvalue weighted by molar-refractivity contribution is 6.30. The monoisotopic (exact) mass is 474 g/mol. The first-order valence-corrected chi connectivity index (χ1v) is 12.4. The second-order valence-electron chi connectivity index (χ2n) is 9.01. The van der Waals surface area contributed by atoms with Gasteiger partial charge in [-0.25, -0.2) is 0 Å². The van der Waals surface area contributed by atoms with Crippen LogP contribution in [0, 0.1) is 0 Å². The predicted octanol–water partition coefficient (Wildman–Crippen LogP) is 5.58. The van der Waals surface area contributed by atoms with Gasteiger partial charge in [-0.05, 0) is 41.7 Å². The topological polar surface area (TPSA) is 49.4 Å². The summed E-state index contributed by atoms with van der Waals surface area (Å²) >= 11 is 6.16. The Morgan fingerprint density at radius 3 is 2.12 bits per heavy atom. The third-order valence-corrected chi connectivity index (χ3v) is 6.65. The minimum Gasteiger partial charge on any atom is -0.352 e. The van der Waals surface area contributed by atoms with E-state index < -0.39 is 6.04 Å². The Morgan fingerprint density at radius 2 is 1.47 bits per heavy atom. The van der Waals surface area contributed by atoms with E-state index in [0.29, 0.717) is 18.0 Å². The fraction of sp³-hybridized carbons (Fsp3) is 0.310. The number of nitrogens with one attached hydrogen (secondary N) is 1. The number of nitrogens with zero attached hydrogens (tertiary/aromatic N) is 1. The molecule has 4 rings (SSSR count). The summed E-state index contributed by atoms with van der Waals surface area (Å²) in [5, 5.41) is 3.84. The predicted molar refractivity (Wildman–Crippen MR) is 136 cm³/mol. The van der Waals surface area contributed by atoms with Gasteiger partial charge in [0, 0.05) is 24.0 Å². The van der Waals surface area contributed by atoms with Gasteiger partial charge in [0.1, 0.15) is 6.04 Å². The van der Waals surface area contributed by atoms with Crippen LogP contribution < -0.4 is 5.32 Å². The summed E-state index contributed by atoms with van der Waals surface area (Å²) in [6.07, 6.45) is 4.92. The molecule has 2 amide bonds. The van der Waals surface area contributed by atoms with Crippen LogP contribution in [0.4, 0.5) is 0 Å². The molecular weight excluding hydrogens is 444 g/mol. The minimum atomic E-state index is -0.602. The van der Waals surface area contributed by atoms with Gasteiger partial charge in [-0.1, -0.05) is 97.2 Å². The smallest absolute Gasteiger partial charge is 0.243 e. The van der Waals surface area contributed by atoms with Crippen molar-refractivity contribution in [1.82, 2.24) is 10.2 Å². The lowest BCUT2D eigenvalue weighted by Crippen LogP contribution is -2.52. The number of rotatable bonds is 9. The summed E-state index contributed by atoms with van der Waals surface area (Å²) in [6.45, 7) is 0.371. The van der Waals surface area contributed by atoms with E-state index in [1.165, 1.54) is 0 Å². The highest BCUT2D eigenvalue weighted by Gasteiger charge is 2.32. The summed E-state index contributed by atoms with van der Waals surface area (Å²) < 4.78 is 0. The van der Waals surface area contributed by atoms with E-state index in [-0.39, 0.29) is 24.3 Å². The largest absolute Gasteiger partial charge is 0.352 e. The van der Waals surface area contributed by atoms with Crippen LogP contribution in [0.3, 0.4) is 0 Å². The Hall–Kier alpha value is -3.11. The van der Waals surface area contributed by atoms with Crippen molar-refractivity contribution in [2.75, 3.05) is 0 Å². The summed E-state index contributed by atoms with van der Waals surface area (Å²) in [5.74, 6) is -0.167. The highest BCUT2D eigenvalue weighted by Crippen LogP contribution is 2.21. The standard InChI is InChI=1S/C29H31ClN2O2/c30-25-15-9-14-24(18-25)20-28(33)32(21-23-12-5-2-6-13-23)27(19-22-10-3-1-4-11-22)29(34)31-26-16-7-8-17-26/h1-6,9-15,18,26-27H,7-8,16-17,19-21H2,(H,31,34). The molecule has 3 aromatic carbocycles. The maximum absolute atomic E-state index is 13.7. The van der Waals surface area contributed by atoms with Crippen LogP contribution in [-0.2, 0) is 29.0 Å². The van der Waals surface area contributed by atoms with Crippen molar-refractivity contribution >= 4 is 23.4 Å². The molecule has 1 atom stereocenters. The van der Waals surface area contributed by atoms with E-state index in [2.05, 4.69) is 5.32 Å². The van der Waals surface area contributed by atoms with Gasteiger partial charge in [0.25, 0.3) is 0 Å². The number of carbonyl (C=O) groups excluding carboxylic acids is 2. The Balaban J connectivity index is 1.64. The second-order valence-corrected chi connectivity index (χ2v) is 9.45. The van der Waals surface area contributed by atoms with E-state index in [1.54, 1.807) is 11.0 Å². The molecule has 0 radical (unpaired) electrons. The zero-order valence-corrected chi connectivity index (χ0v) is 20.1. The molecule has 0 spiro atoms. The maximum Gasteiger partial charge on any atom is 0.243 e. The minimum absolute atomic E-state index is 0.0777. The Labute approximate surface area is 206 Å². The number of carbonyl (C=O) groups is 2. The fourth-order valence-corrected chi connectivity index (χ4v) is 4.84. The third kappa shape index (κ3) is 6.71. The molecule has 0 bridgehead atoms. The van der Waals surface area contributed by atoms with Crippen molar-refractivity contribution in [2.45, 2.75) is 57.2 Å². The molecule has 0 aliphatic heterocycles. The molecule has 0 heterocycles. The van der Waals surface area contributed by atoms with Crippen molar-refractivity contribution < 1.29 is 9.59 Å². The van der Waals surface area contributed by atoms with Crippen molar-refractivity contribution in [3.8, 4) is 0 Å². The van der Waals surface area contributed by atoms with Crippen LogP contribution in [0.5, 0.6) is 0 Å². The Kier molecular flexibility index (Phi) is 8.37. The average molecular weight is 475 g/mol. The van der Waals surface area contributed by atoms with Gasteiger partial charge in [0.05, 0.1) is 6.42 Å². The van der Waals surface area contributed by atoms with Crippen LogP contribution in [-0.4, -0.2) is 28.8 Å². The molecule has 34 heavy (non-hydrogen) atoms. The lowest BCUT2D eigenvalue weighted by Gasteiger charge is -2.32. The van der Waals surface area contributed by atoms with Gasteiger partial charge >= 0.3 is 0 Å². The van der Waals surface area contributed by atoms with Crippen LogP contribution >= 0.6 is 11.6 Å². The van der Waals surface area contributed by atoms with Crippen molar-refractivity contribution in [1.29, 1.82) is 0 Å². The normalized spacial score (nSPS) is 14.5. The van der Waals surface area contributed by atoms with Gasteiger partial charge in [-0.3, -0.25) is 9.59 Å². The Morgan fingerprint density at radius 1 is 0.853 bits per heavy atom. The highest BCUT2D eigenvalue weighted by atomic mass is 35.5. The lowest BCUT2D eigenvalue weighted by molar-refractivity contribution is -0.141. The second kappa shape index (κ2) is 11.8. The van der Waals surface area contributed by atoms with Gasteiger partial charge in [0.2, 0.25) is 11.8 Å².